The highest BCUT2D eigenvalue weighted by molar-refractivity contribution is 7.15. The second kappa shape index (κ2) is 13.0. The molecule has 3 heterocycles. The SMILES string of the molecule is COc1ccc(OC)c(-c2cn3c(CCN(CCN4CCOCC4)C(=O)COc4ccccc4)csc3n2)c1. The maximum atomic E-state index is 13.2. The van der Waals surface area contributed by atoms with Crippen molar-refractivity contribution in [2.45, 2.75) is 6.42 Å². The Labute approximate surface area is 232 Å². The predicted molar refractivity (Wildman–Crippen MR) is 151 cm³/mol. The minimum atomic E-state index is -0.0222. The summed E-state index contributed by atoms with van der Waals surface area (Å²) in [4.78, 5) is 23.2. The number of methoxy groups -OCH3 is 2. The van der Waals surface area contributed by atoms with Gasteiger partial charge in [0.25, 0.3) is 5.91 Å². The fourth-order valence-electron chi connectivity index (χ4n) is 4.60. The minimum Gasteiger partial charge on any atom is -0.497 e. The molecular formula is C29H34N4O5S. The summed E-state index contributed by atoms with van der Waals surface area (Å²) in [6, 6.07) is 15.1. The molecule has 4 aromatic rings. The first-order valence-electron chi connectivity index (χ1n) is 13.1. The summed E-state index contributed by atoms with van der Waals surface area (Å²) >= 11 is 1.59. The number of thiazole rings is 1. The Balaban J connectivity index is 1.29. The first-order chi connectivity index (χ1) is 19.1. The van der Waals surface area contributed by atoms with E-state index >= 15 is 0 Å². The molecular weight excluding hydrogens is 516 g/mol. The maximum Gasteiger partial charge on any atom is 0.260 e. The molecule has 1 aliphatic rings. The minimum absolute atomic E-state index is 0.0109. The largest absolute Gasteiger partial charge is 0.497 e. The Morgan fingerprint density at radius 2 is 1.87 bits per heavy atom. The van der Waals surface area contributed by atoms with E-state index in [2.05, 4.69) is 14.7 Å². The molecule has 10 heteroatoms. The number of benzene rings is 2. The van der Waals surface area contributed by atoms with Crippen LogP contribution in [-0.2, 0) is 16.0 Å². The Morgan fingerprint density at radius 3 is 2.64 bits per heavy atom. The van der Waals surface area contributed by atoms with Crippen LogP contribution in [0.15, 0.2) is 60.1 Å². The van der Waals surface area contributed by atoms with Gasteiger partial charge in [-0.1, -0.05) is 18.2 Å². The van der Waals surface area contributed by atoms with E-state index in [1.807, 2.05) is 59.6 Å². The average molecular weight is 551 g/mol. The number of aromatic nitrogens is 2. The van der Waals surface area contributed by atoms with Crippen molar-refractivity contribution < 1.29 is 23.7 Å². The Morgan fingerprint density at radius 1 is 1.05 bits per heavy atom. The zero-order valence-electron chi connectivity index (χ0n) is 22.4. The molecule has 0 spiro atoms. The van der Waals surface area contributed by atoms with Crippen molar-refractivity contribution in [3.05, 3.63) is 65.8 Å². The van der Waals surface area contributed by atoms with Gasteiger partial charge < -0.3 is 23.8 Å². The molecule has 1 fully saturated rings. The summed E-state index contributed by atoms with van der Waals surface area (Å²) < 4.78 is 24.3. The number of carbonyl (C=O) groups is 1. The third-order valence-corrected chi connectivity index (χ3v) is 7.74. The zero-order chi connectivity index (χ0) is 27.0. The van der Waals surface area contributed by atoms with E-state index in [9.17, 15) is 4.79 Å². The summed E-state index contributed by atoms with van der Waals surface area (Å²) in [6.45, 7) is 5.29. The van der Waals surface area contributed by atoms with Crippen LogP contribution in [0.3, 0.4) is 0 Å². The molecule has 2 aromatic heterocycles. The lowest BCUT2D eigenvalue weighted by atomic mass is 10.1. The van der Waals surface area contributed by atoms with Gasteiger partial charge in [0.1, 0.15) is 17.2 Å². The topological polar surface area (TPSA) is 77.8 Å². The molecule has 9 nitrogen and oxygen atoms in total. The van der Waals surface area contributed by atoms with E-state index in [-0.39, 0.29) is 12.5 Å². The van der Waals surface area contributed by atoms with Crippen molar-refractivity contribution in [3.63, 3.8) is 0 Å². The van der Waals surface area contributed by atoms with Gasteiger partial charge in [-0.2, -0.15) is 0 Å². The molecule has 2 aromatic carbocycles. The molecule has 39 heavy (non-hydrogen) atoms. The molecule has 0 N–H and O–H groups in total. The van der Waals surface area contributed by atoms with Crippen molar-refractivity contribution in [2.75, 3.05) is 66.8 Å². The number of fused-ring (bicyclic) bond motifs is 1. The molecule has 0 saturated carbocycles. The van der Waals surface area contributed by atoms with Crippen LogP contribution in [0.4, 0.5) is 0 Å². The standard InChI is InChI=1S/C29H34N4O5S/c1-35-24-8-9-27(36-2)25(18-24)26-19-33-22(21-39-29(33)30-26)10-11-32(13-12-31-14-16-37-17-15-31)28(34)20-38-23-6-4-3-5-7-23/h3-9,18-19,21H,10-17,20H2,1-2H3. The monoisotopic (exact) mass is 550 g/mol. The number of amides is 1. The van der Waals surface area contributed by atoms with E-state index in [0.717, 1.165) is 66.3 Å². The van der Waals surface area contributed by atoms with E-state index in [4.69, 9.17) is 23.9 Å². The van der Waals surface area contributed by atoms with Crippen LogP contribution in [0.1, 0.15) is 5.69 Å². The maximum absolute atomic E-state index is 13.2. The number of para-hydroxylation sites is 1. The normalized spacial score (nSPS) is 13.9. The van der Waals surface area contributed by atoms with Gasteiger partial charge in [0.2, 0.25) is 0 Å². The summed E-state index contributed by atoms with van der Waals surface area (Å²) in [5, 5.41) is 2.11. The number of hydrogen-bond donors (Lipinski definition) is 0. The number of imidazole rings is 1. The smallest absolute Gasteiger partial charge is 0.260 e. The van der Waals surface area contributed by atoms with Gasteiger partial charge in [0.15, 0.2) is 11.6 Å². The fourth-order valence-corrected chi connectivity index (χ4v) is 5.51. The molecule has 0 aliphatic carbocycles. The van der Waals surface area contributed by atoms with Crippen LogP contribution in [0.25, 0.3) is 16.2 Å². The number of carbonyl (C=O) groups excluding carboxylic acids is 1. The van der Waals surface area contributed by atoms with E-state index in [1.165, 1.54) is 0 Å². The lowest BCUT2D eigenvalue weighted by molar-refractivity contribution is -0.133. The van der Waals surface area contributed by atoms with Crippen molar-refractivity contribution in [2.24, 2.45) is 0 Å². The summed E-state index contributed by atoms with van der Waals surface area (Å²) in [7, 11) is 3.30. The molecule has 0 radical (unpaired) electrons. The molecule has 1 aliphatic heterocycles. The summed E-state index contributed by atoms with van der Waals surface area (Å²) in [5.41, 5.74) is 2.79. The van der Waals surface area contributed by atoms with Gasteiger partial charge in [0, 0.05) is 62.0 Å². The Bertz CT molecular complexity index is 1370. The quantitative estimate of drug-likeness (QED) is 0.265. The fraction of sp³-hybridized carbons (Fsp3) is 0.379. The number of morpholine rings is 1. The first-order valence-corrected chi connectivity index (χ1v) is 14.0. The lowest BCUT2D eigenvalue weighted by Gasteiger charge is -2.30. The van der Waals surface area contributed by atoms with Gasteiger partial charge in [-0.15, -0.1) is 11.3 Å². The highest BCUT2D eigenvalue weighted by atomic mass is 32.1. The van der Waals surface area contributed by atoms with Crippen LogP contribution in [0.5, 0.6) is 17.2 Å². The van der Waals surface area contributed by atoms with Crippen LogP contribution in [-0.4, -0.2) is 91.9 Å². The second-order valence-electron chi connectivity index (χ2n) is 9.26. The summed E-state index contributed by atoms with van der Waals surface area (Å²) in [5.74, 6) is 2.15. The third-order valence-electron chi connectivity index (χ3n) is 6.85. The van der Waals surface area contributed by atoms with Crippen molar-refractivity contribution in [1.29, 1.82) is 0 Å². The molecule has 1 saturated heterocycles. The molecule has 0 bridgehead atoms. The van der Waals surface area contributed by atoms with Crippen LogP contribution in [0.2, 0.25) is 0 Å². The second-order valence-corrected chi connectivity index (χ2v) is 10.1. The van der Waals surface area contributed by atoms with Gasteiger partial charge in [-0.3, -0.25) is 14.1 Å². The molecule has 0 atom stereocenters. The first kappa shape index (κ1) is 27.0. The van der Waals surface area contributed by atoms with Crippen molar-refractivity contribution in [3.8, 4) is 28.5 Å². The Kier molecular flexibility index (Phi) is 8.97. The van der Waals surface area contributed by atoms with Crippen LogP contribution >= 0.6 is 11.3 Å². The van der Waals surface area contributed by atoms with Gasteiger partial charge in [-0.05, 0) is 30.3 Å². The van der Waals surface area contributed by atoms with E-state index in [1.54, 1.807) is 25.6 Å². The van der Waals surface area contributed by atoms with Gasteiger partial charge in [-0.25, -0.2) is 4.98 Å². The number of ether oxygens (including phenoxy) is 4. The zero-order valence-corrected chi connectivity index (χ0v) is 23.2. The lowest BCUT2D eigenvalue weighted by Crippen LogP contribution is -2.44. The highest BCUT2D eigenvalue weighted by Gasteiger charge is 2.19. The number of nitrogens with zero attached hydrogens (tertiary/aromatic N) is 4. The predicted octanol–water partition coefficient (Wildman–Crippen LogP) is 3.86. The summed E-state index contributed by atoms with van der Waals surface area (Å²) in [6.07, 6.45) is 2.72. The van der Waals surface area contributed by atoms with Crippen LogP contribution in [0, 0.1) is 0 Å². The van der Waals surface area contributed by atoms with Gasteiger partial charge in [0.05, 0.1) is 33.1 Å². The molecule has 0 unspecified atom stereocenters. The van der Waals surface area contributed by atoms with Crippen molar-refractivity contribution in [1.82, 2.24) is 19.2 Å². The Hall–Kier alpha value is -3.60. The average Bonchev–Trinajstić information content (AvgIpc) is 3.58. The molecule has 1 amide bonds. The third kappa shape index (κ3) is 6.70. The van der Waals surface area contributed by atoms with E-state index < -0.39 is 0 Å². The number of rotatable bonds is 12. The van der Waals surface area contributed by atoms with Gasteiger partial charge >= 0.3 is 0 Å². The molecule has 5 rings (SSSR count). The molecule has 206 valence electrons. The highest BCUT2D eigenvalue weighted by Crippen LogP contribution is 2.34. The van der Waals surface area contributed by atoms with Crippen LogP contribution < -0.4 is 14.2 Å². The number of hydrogen-bond acceptors (Lipinski definition) is 8. The van der Waals surface area contributed by atoms with Crippen molar-refractivity contribution >= 4 is 22.2 Å². The van der Waals surface area contributed by atoms with E-state index in [0.29, 0.717) is 25.3 Å².